The van der Waals surface area contributed by atoms with Gasteiger partial charge >= 0.3 is 257 Å². The van der Waals surface area contributed by atoms with Gasteiger partial charge in [-0.15, -0.1) is 0 Å². The summed E-state index contributed by atoms with van der Waals surface area (Å²) < 4.78 is 17.1. The molecule has 40 heavy (non-hydrogen) atoms. The van der Waals surface area contributed by atoms with Crippen molar-refractivity contribution in [3.05, 3.63) is 153 Å². The molecule has 0 bridgehead atoms. The molecule has 0 amide bonds. The molecular weight excluding hydrogens is 690 g/mol. The van der Waals surface area contributed by atoms with Crippen LogP contribution in [0.1, 0.15) is 11.3 Å². The van der Waals surface area contributed by atoms with E-state index in [0.717, 1.165) is 42.8 Å². The van der Waals surface area contributed by atoms with Crippen molar-refractivity contribution in [3.8, 4) is 17.0 Å². The Morgan fingerprint density at radius 1 is 0.750 bits per heavy atom. The van der Waals surface area contributed by atoms with Crippen molar-refractivity contribution < 1.29 is 9.14 Å². The summed E-state index contributed by atoms with van der Waals surface area (Å²) >= 11 is 8.03. The van der Waals surface area contributed by atoms with Crippen LogP contribution in [0.3, 0.4) is 0 Å². The van der Waals surface area contributed by atoms with Crippen LogP contribution in [0, 0.1) is 0 Å². The molecule has 3 nitrogen and oxygen atoms in total. The van der Waals surface area contributed by atoms with E-state index in [4.69, 9.17) is 4.65 Å². The summed E-state index contributed by atoms with van der Waals surface area (Å²) in [5, 5.41) is 0. The molecule has 4 heterocycles. The normalized spacial score (nSPS) is 18.6. The average molecular weight is 711 g/mol. The molecule has 0 aliphatic carbocycles. The third kappa shape index (κ3) is 3.45. The van der Waals surface area contributed by atoms with Gasteiger partial charge in [0, 0.05) is 0 Å². The van der Waals surface area contributed by atoms with E-state index in [-0.39, 0.29) is 15.0 Å². The summed E-state index contributed by atoms with van der Waals surface area (Å²) in [7, 11) is 0. The van der Waals surface area contributed by atoms with Gasteiger partial charge in [0.2, 0.25) is 0 Å². The maximum absolute atomic E-state index is 7.37. The first-order valence-corrected chi connectivity index (χ1v) is 16.4. The van der Waals surface area contributed by atoms with Gasteiger partial charge < -0.3 is 0 Å². The van der Waals surface area contributed by atoms with E-state index in [0.29, 0.717) is 0 Å². The Morgan fingerprint density at radius 3 is 2.15 bits per heavy atom. The Bertz CT molecular complexity index is 1920. The van der Waals surface area contributed by atoms with Crippen molar-refractivity contribution in [3.63, 3.8) is 0 Å². The Morgan fingerprint density at radius 2 is 1.40 bits per heavy atom. The van der Waals surface area contributed by atoms with Gasteiger partial charge in [-0.2, -0.15) is 0 Å². The number of fused-ring (bicyclic) bond motifs is 4. The zero-order chi connectivity index (χ0) is 26.8. The maximum atomic E-state index is 7.37. The molecule has 0 spiro atoms. The molecule has 0 N–H and O–H groups in total. The second kappa shape index (κ2) is 9.35. The minimum absolute atomic E-state index is 0.0199. The number of hydrogen-bond acceptors (Lipinski definition) is 1. The Labute approximate surface area is 255 Å². The van der Waals surface area contributed by atoms with Gasteiger partial charge in [-0.1, -0.05) is 0 Å². The van der Waals surface area contributed by atoms with Crippen molar-refractivity contribution in [2.24, 2.45) is 0 Å². The van der Waals surface area contributed by atoms with E-state index in [9.17, 15) is 0 Å². The standard InChI is InChI=1S/C33H21BBr2N2OSe/c35-26-20-28-31(22-12-4-1-5-13-22)29-21-27(36)33(40-24-16-8-3-9-17-24)38(29)34(23-14-6-2-7-15-23)37(28)32(26)25-18-10-11-19-30(25)39-34/h1-21H/t34-/m1/s1. The van der Waals surface area contributed by atoms with Crippen molar-refractivity contribution in [2.75, 3.05) is 0 Å². The first-order valence-electron chi connectivity index (χ1n) is 13.1. The fraction of sp³-hybridized carbons (Fsp3) is 0. The molecule has 3 aliphatic heterocycles. The van der Waals surface area contributed by atoms with Crippen LogP contribution in [-0.2, 0) is 0 Å². The van der Waals surface area contributed by atoms with Crippen molar-refractivity contribution >= 4 is 73.5 Å². The van der Waals surface area contributed by atoms with Crippen LogP contribution in [0.25, 0.3) is 16.8 Å². The summed E-state index contributed by atoms with van der Waals surface area (Å²) in [4.78, 5) is 0. The first-order chi connectivity index (χ1) is 19.7. The van der Waals surface area contributed by atoms with Crippen LogP contribution in [0.5, 0.6) is 5.75 Å². The van der Waals surface area contributed by atoms with E-state index < -0.39 is 6.62 Å². The van der Waals surface area contributed by atoms with Crippen LogP contribution < -0.4 is 14.6 Å². The Kier molecular flexibility index (Phi) is 5.72. The fourth-order valence-corrected chi connectivity index (χ4v) is 9.86. The molecule has 1 aromatic heterocycles. The van der Waals surface area contributed by atoms with Gasteiger partial charge in [-0.25, -0.2) is 0 Å². The predicted molar refractivity (Wildman–Crippen MR) is 172 cm³/mol. The van der Waals surface area contributed by atoms with E-state index >= 15 is 0 Å². The van der Waals surface area contributed by atoms with Gasteiger partial charge in [-0.05, 0) is 0 Å². The molecule has 8 rings (SSSR count). The van der Waals surface area contributed by atoms with E-state index in [1.165, 1.54) is 20.2 Å². The molecular formula is C33H21BBr2N2OSe. The number of para-hydroxylation sites is 1. The molecule has 0 saturated heterocycles. The molecule has 0 radical (unpaired) electrons. The van der Waals surface area contributed by atoms with Gasteiger partial charge in [0.05, 0.1) is 0 Å². The molecule has 3 aliphatic rings. The molecule has 4 aromatic carbocycles. The third-order valence-electron chi connectivity index (χ3n) is 7.84. The summed E-state index contributed by atoms with van der Waals surface area (Å²) in [6.45, 7) is -1.94. The van der Waals surface area contributed by atoms with E-state index in [1.54, 1.807) is 0 Å². The van der Waals surface area contributed by atoms with Crippen LogP contribution in [0.4, 0.5) is 0 Å². The molecule has 0 unspecified atom stereocenters. The monoisotopic (exact) mass is 710 g/mol. The number of nitrogens with zero attached hydrogens (tertiary/aromatic N) is 2. The fourth-order valence-electron chi connectivity index (χ4n) is 6.29. The topological polar surface area (TPSA) is 17.2 Å². The number of allylic oxidation sites excluding steroid dienone is 2. The van der Waals surface area contributed by atoms with Crippen LogP contribution in [0.2, 0.25) is 0 Å². The zero-order valence-corrected chi connectivity index (χ0v) is 26.1. The second-order valence-corrected chi connectivity index (χ2v) is 14.0. The Balaban J connectivity index is 1.55. The third-order valence-corrected chi connectivity index (χ3v) is 12.0. The summed E-state index contributed by atoms with van der Waals surface area (Å²) in [6, 6.07) is 42.9. The quantitative estimate of drug-likeness (QED) is 0.195. The molecule has 7 heteroatoms. The second-order valence-electron chi connectivity index (χ2n) is 10.0. The van der Waals surface area contributed by atoms with Gasteiger partial charge in [0.25, 0.3) is 0 Å². The van der Waals surface area contributed by atoms with Crippen LogP contribution in [-0.4, -0.2) is 35.2 Å². The summed E-state index contributed by atoms with van der Waals surface area (Å²) in [5.74, 6) is 0.890. The minimum atomic E-state index is -1.94. The number of aromatic nitrogens is 1. The van der Waals surface area contributed by atoms with Gasteiger partial charge in [0.15, 0.2) is 0 Å². The van der Waals surface area contributed by atoms with Crippen molar-refractivity contribution in [1.29, 1.82) is 0 Å². The zero-order valence-electron chi connectivity index (χ0n) is 21.2. The predicted octanol–water partition coefficient (Wildman–Crippen LogP) is 6.51. The molecule has 0 saturated carbocycles. The number of rotatable bonds is 4. The summed E-state index contributed by atoms with van der Waals surface area (Å²) in [6.07, 6.45) is 2.29. The molecule has 192 valence electrons. The molecule has 0 fully saturated rings. The molecule has 1 atom stereocenters. The van der Waals surface area contributed by atoms with Gasteiger partial charge in [-0.3, -0.25) is 0 Å². The number of benzene rings is 4. The average Bonchev–Trinajstić information content (AvgIpc) is 3.52. The van der Waals surface area contributed by atoms with Crippen LogP contribution in [0.15, 0.2) is 142 Å². The van der Waals surface area contributed by atoms with Crippen molar-refractivity contribution in [1.82, 2.24) is 4.48 Å². The van der Waals surface area contributed by atoms with Crippen molar-refractivity contribution in [2.45, 2.75) is 0 Å². The number of hydrogen-bond donors (Lipinski definition) is 0. The van der Waals surface area contributed by atoms with Crippen LogP contribution >= 0.6 is 31.9 Å². The first kappa shape index (κ1) is 24.5. The van der Waals surface area contributed by atoms with E-state index in [2.05, 4.69) is 168 Å². The number of halogens is 2. The van der Waals surface area contributed by atoms with E-state index in [1.807, 2.05) is 0 Å². The SMILES string of the molecule is BrC1=CC2=C(c3ccccc3)c3cc(Br)c4n3[B@@-](c3ccccc3)(Oc3ccccc3-4)[N+]2=C1[Se]c1ccccc1. The molecule has 5 aromatic rings. The Hall–Kier alpha value is -3.35. The van der Waals surface area contributed by atoms with Gasteiger partial charge in [0.1, 0.15) is 0 Å². The summed E-state index contributed by atoms with van der Waals surface area (Å²) in [5.41, 5.74) is 8.02.